The molecule has 0 bridgehead atoms. The van der Waals surface area contributed by atoms with Crippen LogP contribution >= 0.6 is 0 Å². The van der Waals surface area contributed by atoms with Crippen molar-refractivity contribution in [3.8, 4) is 0 Å². The molecular weight excluding hydrogens is 368 g/mol. The third kappa shape index (κ3) is 3.27. The first-order valence-corrected chi connectivity index (χ1v) is 11.8. The SMILES string of the molecule is CC(CCC(=O)O)C1C(O)CC2C3CCC4CC(O)CCC4(C)C3CC(O)C21C. The number of carboxylic acids is 1. The molecule has 166 valence electrons. The number of carbonyl (C=O) groups is 1. The van der Waals surface area contributed by atoms with Gasteiger partial charge in [0.1, 0.15) is 0 Å². The molecule has 0 aliphatic heterocycles. The summed E-state index contributed by atoms with van der Waals surface area (Å²) in [5.74, 6) is 1.07. The van der Waals surface area contributed by atoms with Crippen molar-refractivity contribution < 1.29 is 25.2 Å². The van der Waals surface area contributed by atoms with Crippen molar-refractivity contribution in [1.29, 1.82) is 0 Å². The number of carboxylic acid groups (broad SMARTS) is 1. The molecule has 11 unspecified atom stereocenters. The largest absolute Gasteiger partial charge is 0.481 e. The minimum Gasteiger partial charge on any atom is -0.481 e. The van der Waals surface area contributed by atoms with Crippen LogP contribution in [0.15, 0.2) is 0 Å². The highest BCUT2D eigenvalue weighted by molar-refractivity contribution is 5.66. The van der Waals surface area contributed by atoms with Gasteiger partial charge < -0.3 is 20.4 Å². The summed E-state index contributed by atoms with van der Waals surface area (Å²) in [5.41, 5.74) is -0.154. The summed E-state index contributed by atoms with van der Waals surface area (Å²) in [6, 6.07) is 0. The Hall–Kier alpha value is -0.650. The van der Waals surface area contributed by atoms with Crippen LogP contribution in [0, 0.1) is 46.3 Å². The quantitative estimate of drug-likeness (QED) is 0.571. The van der Waals surface area contributed by atoms with Gasteiger partial charge >= 0.3 is 5.97 Å². The number of fused-ring (bicyclic) bond motifs is 5. The zero-order valence-electron chi connectivity index (χ0n) is 18.3. The highest BCUT2D eigenvalue weighted by Crippen LogP contribution is 2.68. The summed E-state index contributed by atoms with van der Waals surface area (Å²) >= 11 is 0. The second kappa shape index (κ2) is 7.49. The summed E-state index contributed by atoms with van der Waals surface area (Å²) in [5, 5.41) is 41.8. The highest BCUT2D eigenvalue weighted by atomic mass is 16.4. The molecule has 4 N–H and O–H groups in total. The monoisotopic (exact) mass is 408 g/mol. The van der Waals surface area contributed by atoms with Gasteiger partial charge in [-0.1, -0.05) is 20.8 Å². The van der Waals surface area contributed by atoms with Crippen molar-refractivity contribution in [1.82, 2.24) is 0 Å². The van der Waals surface area contributed by atoms with E-state index in [4.69, 9.17) is 5.11 Å². The Morgan fingerprint density at radius 1 is 1.03 bits per heavy atom. The average Bonchev–Trinajstić information content (AvgIpc) is 2.93. The molecule has 4 aliphatic rings. The summed E-state index contributed by atoms with van der Waals surface area (Å²) in [6.45, 7) is 6.63. The van der Waals surface area contributed by atoms with Crippen LogP contribution in [0.25, 0.3) is 0 Å². The number of hydrogen-bond acceptors (Lipinski definition) is 4. The maximum Gasteiger partial charge on any atom is 0.303 e. The van der Waals surface area contributed by atoms with Gasteiger partial charge in [-0.05, 0) is 92.3 Å². The van der Waals surface area contributed by atoms with Crippen LogP contribution in [0.2, 0.25) is 0 Å². The maximum absolute atomic E-state index is 11.5. The van der Waals surface area contributed by atoms with E-state index < -0.39 is 18.2 Å². The maximum atomic E-state index is 11.5. The molecule has 4 fully saturated rings. The summed E-state index contributed by atoms with van der Waals surface area (Å²) in [7, 11) is 0. The molecule has 0 heterocycles. The van der Waals surface area contributed by atoms with Crippen LogP contribution in [-0.4, -0.2) is 44.7 Å². The van der Waals surface area contributed by atoms with Crippen molar-refractivity contribution in [3.63, 3.8) is 0 Å². The van der Waals surface area contributed by atoms with E-state index in [1.54, 1.807) is 0 Å². The first-order valence-electron chi connectivity index (χ1n) is 11.8. The van der Waals surface area contributed by atoms with Gasteiger partial charge in [-0.25, -0.2) is 0 Å². The standard InChI is InChI=1S/C24H40O5/c1-13(4-7-21(28)29)22-19(26)11-18-16-6-5-14-10-15(25)8-9-23(14,2)17(16)12-20(27)24(18,22)3/h13-20,22,25-27H,4-12H2,1-3H3,(H,28,29). The molecule has 11 atom stereocenters. The third-order valence-electron chi connectivity index (χ3n) is 10.3. The minimum atomic E-state index is -0.791. The fourth-order valence-electron chi connectivity index (χ4n) is 8.79. The van der Waals surface area contributed by atoms with E-state index in [9.17, 15) is 20.1 Å². The van der Waals surface area contributed by atoms with E-state index in [-0.39, 0.29) is 35.2 Å². The van der Waals surface area contributed by atoms with Crippen molar-refractivity contribution in [2.24, 2.45) is 46.3 Å². The number of hydrogen-bond donors (Lipinski definition) is 4. The molecule has 0 aromatic heterocycles. The zero-order valence-corrected chi connectivity index (χ0v) is 18.3. The Bertz CT molecular complexity index is 637. The van der Waals surface area contributed by atoms with Crippen molar-refractivity contribution in [2.75, 3.05) is 0 Å². The predicted molar refractivity (Wildman–Crippen MR) is 110 cm³/mol. The van der Waals surface area contributed by atoms with Gasteiger partial charge in [-0.15, -0.1) is 0 Å². The van der Waals surface area contributed by atoms with E-state index in [1.807, 2.05) is 0 Å². The van der Waals surface area contributed by atoms with E-state index in [1.165, 1.54) is 0 Å². The predicted octanol–water partition coefficient (Wildman–Crippen LogP) is 3.45. The minimum absolute atomic E-state index is 0.0403. The Morgan fingerprint density at radius 3 is 2.45 bits per heavy atom. The number of aliphatic carboxylic acids is 1. The van der Waals surface area contributed by atoms with Gasteiger partial charge in [0.2, 0.25) is 0 Å². The first kappa shape index (κ1) is 21.6. The second-order valence-electron chi connectivity index (χ2n) is 11.4. The van der Waals surface area contributed by atoms with Gasteiger partial charge in [-0.3, -0.25) is 4.79 Å². The molecule has 4 rings (SSSR count). The van der Waals surface area contributed by atoms with E-state index in [0.717, 1.165) is 44.9 Å². The lowest BCUT2D eigenvalue weighted by Crippen LogP contribution is -2.59. The molecular formula is C24H40O5. The Kier molecular flexibility index (Phi) is 5.57. The molecule has 5 nitrogen and oxygen atoms in total. The summed E-state index contributed by atoms with van der Waals surface area (Å²) < 4.78 is 0. The van der Waals surface area contributed by atoms with Gasteiger partial charge in [0.05, 0.1) is 18.3 Å². The van der Waals surface area contributed by atoms with Crippen LogP contribution in [0.3, 0.4) is 0 Å². The summed E-state index contributed by atoms with van der Waals surface area (Å²) in [4.78, 5) is 11.1. The molecule has 0 radical (unpaired) electrons. The molecule has 0 amide bonds. The molecule has 0 spiro atoms. The van der Waals surface area contributed by atoms with E-state index >= 15 is 0 Å². The normalized spacial score (nSPS) is 52.9. The molecule has 4 aliphatic carbocycles. The van der Waals surface area contributed by atoms with E-state index in [2.05, 4.69) is 20.8 Å². The summed E-state index contributed by atoms with van der Waals surface area (Å²) in [6.07, 6.45) is 6.20. The fraction of sp³-hybridized carbons (Fsp3) is 0.958. The Morgan fingerprint density at radius 2 is 1.76 bits per heavy atom. The number of rotatable bonds is 4. The lowest BCUT2D eigenvalue weighted by Gasteiger charge is -2.62. The Balaban J connectivity index is 1.60. The molecule has 0 aromatic carbocycles. The van der Waals surface area contributed by atoms with Crippen molar-refractivity contribution >= 4 is 5.97 Å². The molecule has 0 aromatic rings. The van der Waals surface area contributed by atoms with Gasteiger partial charge in [0.15, 0.2) is 0 Å². The number of aliphatic hydroxyl groups is 3. The lowest BCUT2D eigenvalue weighted by molar-refractivity contribution is -0.176. The zero-order chi connectivity index (χ0) is 21.1. The molecule has 29 heavy (non-hydrogen) atoms. The lowest BCUT2D eigenvalue weighted by atomic mass is 9.43. The second-order valence-corrected chi connectivity index (χ2v) is 11.4. The van der Waals surface area contributed by atoms with Crippen LogP contribution < -0.4 is 0 Å². The smallest absolute Gasteiger partial charge is 0.303 e. The average molecular weight is 409 g/mol. The fourth-order valence-corrected chi connectivity index (χ4v) is 8.79. The van der Waals surface area contributed by atoms with Crippen molar-refractivity contribution in [3.05, 3.63) is 0 Å². The van der Waals surface area contributed by atoms with Gasteiger partial charge in [0, 0.05) is 11.8 Å². The number of aliphatic hydroxyl groups excluding tert-OH is 3. The molecule has 5 heteroatoms. The van der Waals surface area contributed by atoms with Crippen LogP contribution in [0.4, 0.5) is 0 Å². The third-order valence-corrected chi connectivity index (χ3v) is 10.3. The van der Waals surface area contributed by atoms with E-state index in [0.29, 0.717) is 30.1 Å². The topological polar surface area (TPSA) is 98.0 Å². The molecule has 0 saturated heterocycles. The Labute approximate surface area is 174 Å². The van der Waals surface area contributed by atoms with Gasteiger partial charge in [-0.2, -0.15) is 0 Å². The first-order chi connectivity index (χ1) is 13.6. The molecule has 4 saturated carbocycles. The van der Waals surface area contributed by atoms with Crippen molar-refractivity contribution in [2.45, 2.75) is 96.9 Å². The van der Waals surface area contributed by atoms with Crippen LogP contribution in [0.5, 0.6) is 0 Å². The highest BCUT2D eigenvalue weighted by Gasteiger charge is 2.65. The van der Waals surface area contributed by atoms with Crippen LogP contribution in [-0.2, 0) is 4.79 Å². The van der Waals surface area contributed by atoms with Gasteiger partial charge in [0.25, 0.3) is 0 Å². The van der Waals surface area contributed by atoms with Crippen LogP contribution in [0.1, 0.15) is 78.6 Å².